The summed E-state index contributed by atoms with van der Waals surface area (Å²) in [5.74, 6) is 0. The average molecular weight is 238 g/mol. The summed E-state index contributed by atoms with van der Waals surface area (Å²) in [6.07, 6.45) is 34.0. The van der Waals surface area contributed by atoms with Crippen molar-refractivity contribution in [2.75, 3.05) is 0 Å². The third-order valence-corrected chi connectivity index (χ3v) is 2.49. The molecule has 0 N–H and O–H groups in total. The summed E-state index contributed by atoms with van der Waals surface area (Å²) in [4.78, 5) is 0. The molecule has 18 heavy (non-hydrogen) atoms. The SMILES string of the molecule is C1=CCCCC/C=C/C=C\C=C\C=C\C=C/C=C/1. The molecule has 0 bridgehead atoms. The van der Waals surface area contributed by atoms with Gasteiger partial charge in [-0.3, -0.25) is 0 Å². The smallest absolute Gasteiger partial charge is 0.0347 e. The van der Waals surface area contributed by atoms with Crippen molar-refractivity contribution in [3.63, 3.8) is 0 Å². The first-order valence-corrected chi connectivity index (χ1v) is 6.65. The standard InChI is InChI=1S/C18H22/c1-2-4-6-8-10-12-14-16-18-17-15-13-11-9-7-5-3-1/h1-14H,15-18H2/b2-1+,5-3-,6-4+,9-7+,10-8-,13-11?,14-12+. The zero-order valence-corrected chi connectivity index (χ0v) is 10.9. The maximum atomic E-state index is 2.23. The molecule has 0 amide bonds. The summed E-state index contributed by atoms with van der Waals surface area (Å²) in [7, 11) is 0. The van der Waals surface area contributed by atoms with E-state index in [9.17, 15) is 0 Å². The quantitative estimate of drug-likeness (QED) is 0.526. The Morgan fingerprint density at radius 1 is 0.333 bits per heavy atom. The molecular weight excluding hydrogens is 216 g/mol. The van der Waals surface area contributed by atoms with Crippen LogP contribution < -0.4 is 0 Å². The van der Waals surface area contributed by atoms with E-state index in [-0.39, 0.29) is 0 Å². The minimum atomic E-state index is 1.17. The van der Waals surface area contributed by atoms with E-state index in [4.69, 9.17) is 0 Å². The highest BCUT2D eigenvalue weighted by molar-refractivity contribution is 5.20. The van der Waals surface area contributed by atoms with Gasteiger partial charge in [-0.1, -0.05) is 85.1 Å². The maximum absolute atomic E-state index is 2.23. The van der Waals surface area contributed by atoms with Gasteiger partial charge in [0.2, 0.25) is 0 Å². The second-order valence-corrected chi connectivity index (χ2v) is 4.07. The fourth-order valence-corrected chi connectivity index (χ4v) is 1.52. The van der Waals surface area contributed by atoms with Crippen LogP contribution in [0.5, 0.6) is 0 Å². The predicted molar refractivity (Wildman–Crippen MR) is 82.4 cm³/mol. The molecule has 0 heteroatoms. The molecule has 94 valence electrons. The second-order valence-electron chi connectivity index (χ2n) is 4.07. The van der Waals surface area contributed by atoms with Gasteiger partial charge in [-0.05, 0) is 25.7 Å². The van der Waals surface area contributed by atoms with Gasteiger partial charge in [-0.15, -0.1) is 0 Å². The first kappa shape index (κ1) is 14.2. The van der Waals surface area contributed by atoms with Gasteiger partial charge < -0.3 is 0 Å². The Morgan fingerprint density at radius 2 is 0.611 bits per heavy atom. The van der Waals surface area contributed by atoms with Crippen LogP contribution in [0.3, 0.4) is 0 Å². The van der Waals surface area contributed by atoms with Crippen LogP contribution in [0.25, 0.3) is 0 Å². The molecule has 0 aliphatic heterocycles. The summed E-state index contributed by atoms with van der Waals surface area (Å²) < 4.78 is 0. The number of allylic oxidation sites excluding steroid dienone is 14. The zero-order valence-electron chi connectivity index (χ0n) is 10.9. The summed E-state index contributed by atoms with van der Waals surface area (Å²) in [5, 5.41) is 0. The van der Waals surface area contributed by atoms with Crippen LogP contribution in [0, 0.1) is 0 Å². The van der Waals surface area contributed by atoms with Crippen LogP contribution in [0.1, 0.15) is 25.7 Å². The van der Waals surface area contributed by atoms with Crippen LogP contribution in [0.4, 0.5) is 0 Å². The van der Waals surface area contributed by atoms with Crippen LogP contribution >= 0.6 is 0 Å². The van der Waals surface area contributed by atoms with Crippen molar-refractivity contribution in [3.05, 3.63) is 85.1 Å². The largest absolute Gasteiger partial charge is 0.0845 e. The van der Waals surface area contributed by atoms with Gasteiger partial charge in [0.05, 0.1) is 0 Å². The van der Waals surface area contributed by atoms with Crippen LogP contribution in [-0.2, 0) is 0 Å². The van der Waals surface area contributed by atoms with Crippen LogP contribution in [0.2, 0.25) is 0 Å². The molecule has 1 rings (SSSR count). The lowest BCUT2D eigenvalue weighted by Gasteiger charge is -1.91. The Labute approximate surface area is 111 Å². The number of hydrogen-bond donors (Lipinski definition) is 0. The first-order chi connectivity index (χ1) is 9.00. The summed E-state index contributed by atoms with van der Waals surface area (Å²) in [6.45, 7) is 0. The van der Waals surface area contributed by atoms with Crippen molar-refractivity contribution in [3.8, 4) is 0 Å². The van der Waals surface area contributed by atoms with E-state index in [1.807, 2.05) is 36.5 Å². The Balaban J connectivity index is 2.50. The van der Waals surface area contributed by atoms with Gasteiger partial charge in [0.25, 0.3) is 0 Å². The maximum Gasteiger partial charge on any atom is -0.0347 e. The van der Waals surface area contributed by atoms with Gasteiger partial charge in [-0.25, -0.2) is 0 Å². The molecule has 0 nitrogen and oxygen atoms in total. The summed E-state index contributed by atoms with van der Waals surface area (Å²) >= 11 is 0. The monoisotopic (exact) mass is 238 g/mol. The molecule has 0 radical (unpaired) electrons. The van der Waals surface area contributed by atoms with E-state index in [1.54, 1.807) is 0 Å². The fourth-order valence-electron chi connectivity index (χ4n) is 1.52. The van der Waals surface area contributed by atoms with E-state index in [2.05, 4.69) is 48.6 Å². The van der Waals surface area contributed by atoms with Crippen LogP contribution in [-0.4, -0.2) is 0 Å². The van der Waals surface area contributed by atoms with Gasteiger partial charge >= 0.3 is 0 Å². The Bertz CT molecular complexity index is 346. The van der Waals surface area contributed by atoms with E-state index in [0.29, 0.717) is 0 Å². The Kier molecular flexibility index (Phi) is 9.22. The minimum Gasteiger partial charge on any atom is -0.0845 e. The molecule has 0 unspecified atom stereocenters. The average Bonchev–Trinajstić information content (AvgIpc) is 2.39. The van der Waals surface area contributed by atoms with Crippen molar-refractivity contribution < 1.29 is 0 Å². The third kappa shape index (κ3) is 9.41. The van der Waals surface area contributed by atoms with Crippen molar-refractivity contribution in [1.29, 1.82) is 0 Å². The van der Waals surface area contributed by atoms with Crippen LogP contribution in [0.15, 0.2) is 85.1 Å². The van der Waals surface area contributed by atoms with E-state index in [0.717, 1.165) is 0 Å². The number of rotatable bonds is 0. The summed E-state index contributed by atoms with van der Waals surface area (Å²) in [6, 6.07) is 0. The molecule has 1 aliphatic rings. The molecule has 0 heterocycles. The highest BCUT2D eigenvalue weighted by Gasteiger charge is 1.82. The Morgan fingerprint density at radius 3 is 0.944 bits per heavy atom. The molecule has 0 atom stereocenters. The third-order valence-electron chi connectivity index (χ3n) is 2.49. The lowest BCUT2D eigenvalue weighted by atomic mass is 10.2. The highest BCUT2D eigenvalue weighted by atomic mass is 13.9. The van der Waals surface area contributed by atoms with Crippen molar-refractivity contribution in [1.82, 2.24) is 0 Å². The fraction of sp³-hybridized carbons (Fsp3) is 0.222. The molecular formula is C18H22. The molecule has 0 spiro atoms. The first-order valence-electron chi connectivity index (χ1n) is 6.65. The lowest BCUT2D eigenvalue weighted by molar-refractivity contribution is 0.762. The van der Waals surface area contributed by atoms with Gasteiger partial charge in [0.15, 0.2) is 0 Å². The predicted octanol–water partition coefficient (Wildman–Crippen LogP) is 5.45. The topological polar surface area (TPSA) is 0 Å². The molecule has 1 aliphatic carbocycles. The van der Waals surface area contributed by atoms with Gasteiger partial charge in [-0.2, -0.15) is 0 Å². The van der Waals surface area contributed by atoms with E-state index < -0.39 is 0 Å². The normalized spacial score (nSPS) is 28.4. The van der Waals surface area contributed by atoms with Crippen molar-refractivity contribution in [2.24, 2.45) is 0 Å². The minimum absolute atomic E-state index is 1.17. The molecule has 0 saturated heterocycles. The molecule has 0 aromatic heterocycles. The molecule has 0 saturated carbocycles. The van der Waals surface area contributed by atoms with E-state index in [1.165, 1.54) is 25.7 Å². The van der Waals surface area contributed by atoms with Gasteiger partial charge in [0.1, 0.15) is 0 Å². The highest BCUT2D eigenvalue weighted by Crippen LogP contribution is 2.02. The molecule has 0 aromatic rings. The zero-order chi connectivity index (χ0) is 12.7. The Hall–Kier alpha value is -1.82. The molecule has 0 fully saturated rings. The number of hydrogen-bond acceptors (Lipinski definition) is 0. The van der Waals surface area contributed by atoms with Crippen molar-refractivity contribution >= 4 is 0 Å². The molecule has 0 aromatic carbocycles. The summed E-state index contributed by atoms with van der Waals surface area (Å²) in [5.41, 5.74) is 0. The van der Waals surface area contributed by atoms with Crippen molar-refractivity contribution in [2.45, 2.75) is 25.7 Å². The van der Waals surface area contributed by atoms with E-state index >= 15 is 0 Å². The van der Waals surface area contributed by atoms with Gasteiger partial charge in [0, 0.05) is 0 Å². The second kappa shape index (κ2) is 11.7. The lowest BCUT2D eigenvalue weighted by Crippen LogP contribution is -1.71.